The van der Waals surface area contributed by atoms with Gasteiger partial charge in [-0.05, 0) is 46.4 Å². The molecule has 2 rings (SSSR count). The molecule has 19 heavy (non-hydrogen) atoms. The number of nitrogens with one attached hydrogen (secondary N) is 1. The standard InChI is InChI=1S/C15H18BrNOS/c1-3-18-15(11-7-5-4-6-8-11)14(17-2)12-9-19-10-13(12)16/h4-10,14-15,17H,3H2,1-2H3. The van der Waals surface area contributed by atoms with E-state index in [0.29, 0.717) is 6.61 Å². The Morgan fingerprint density at radius 3 is 2.53 bits per heavy atom. The average molecular weight is 340 g/mol. The monoisotopic (exact) mass is 339 g/mol. The van der Waals surface area contributed by atoms with Gasteiger partial charge in [0.05, 0.1) is 6.04 Å². The summed E-state index contributed by atoms with van der Waals surface area (Å²) >= 11 is 5.31. The molecule has 1 heterocycles. The predicted molar refractivity (Wildman–Crippen MR) is 84.6 cm³/mol. The summed E-state index contributed by atoms with van der Waals surface area (Å²) in [6.45, 7) is 2.73. The van der Waals surface area contributed by atoms with Gasteiger partial charge >= 0.3 is 0 Å². The second-order valence-electron chi connectivity index (χ2n) is 4.23. The van der Waals surface area contributed by atoms with E-state index in [2.05, 4.69) is 56.3 Å². The highest BCUT2D eigenvalue weighted by atomic mass is 79.9. The van der Waals surface area contributed by atoms with Crippen LogP contribution in [0.15, 0.2) is 45.6 Å². The molecule has 0 radical (unpaired) electrons. The molecule has 1 aromatic heterocycles. The molecule has 0 aliphatic heterocycles. The summed E-state index contributed by atoms with van der Waals surface area (Å²) in [5.41, 5.74) is 2.44. The van der Waals surface area contributed by atoms with E-state index in [4.69, 9.17) is 4.74 Å². The van der Waals surface area contributed by atoms with Gasteiger partial charge in [0.2, 0.25) is 0 Å². The zero-order chi connectivity index (χ0) is 13.7. The molecule has 1 N–H and O–H groups in total. The largest absolute Gasteiger partial charge is 0.372 e. The fourth-order valence-corrected chi connectivity index (χ4v) is 3.77. The van der Waals surface area contributed by atoms with Gasteiger partial charge in [0.1, 0.15) is 6.10 Å². The number of hydrogen-bond acceptors (Lipinski definition) is 3. The Morgan fingerprint density at radius 1 is 1.26 bits per heavy atom. The van der Waals surface area contributed by atoms with Gasteiger partial charge < -0.3 is 10.1 Å². The summed E-state index contributed by atoms with van der Waals surface area (Å²) in [6.07, 6.45) is 0.0158. The molecule has 0 saturated heterocycles. The van der Waals surface area contributed by atoms with Crippen LogP contribution in [0.3, 0.4) is 0 Å². The fraction of sp³-hybridized carbons (Fsp3) is 0.333. The molecular formula is C15H18BrNOS. The maximum absolute atomic E-state index is 5.98. The zero-order valence-corrected chi connectivity index (χ0v) is 13.5. The molecule has 2 unspecified atom stereocenters. The van der Waals surface area contributed by atoms with Crippen molar-refractivity contribution >= 4 is 27.3 Å². The molecule has 1 aromatic carbocycles. The number of ether oxygens (including phenoxy) is 1. The van der Waals surface area contributed by atoms with E-state index in [1.54, 1.807) is 11.3 Å². The molecule has 2 aromatic rings. The average Bonchev–Trinajstić information content (AvgIpc) is 2.86. The maximum Gasteiger partial charge on any atom is 0.102 e. The first-order chi connectivity index (χ1) is 9.27. The van der Waals surface area contributed by atoms with Gasteiger partial charge in [-0.2, -0.15) is 11.3 Å². The Kier molecular flexibility index (Phi) is 5.58. The molecule has 0 aliphatic carbocycles. The van der Waals surface area contributed by atoms with Crippen LogP contribution in [0, 0.1) is 0 Å². The van der Waals surface area contributed by atoms with E-state index < -0.39 is 0 Å². The summed E-state index contributed by atoms with van der Waals surface area (Å²) in [5.74, 6) is 0. The molecule has 0 amide bonds. The first-order valence-electron chi connectivity index (χ1n) is 6.33. The molecule has 0 aliphatic rings. The van der Waals surface area contributed by atoms with Crippen molar-refractivity contribution in [1.29, 1.82) is 0 Å². The van der Waals surface area contributed by atoms with Crippen molar-refractivity contribution in [2.75, 3.05) is 13.7 Å². The van der Waals surface area contributed by atoms with Crippen molar-refractivity contribution in [2.45, 2.75) is 19.1 Å². The number of benzene rings is 1. The lowest BCUT2D eigenvalue weighted by Gasteiger charge is -2.27. The lowest BCUT2D eigenvalue weighted by Crippen LogP contribution is -2.25. The van der Waals surface area contributed by atoms with Crippen LogP contribution < -0.4 is 5.32 Å². The third-order valence-electron chi connectivity index (χ3n) is 3.07. The second kappa shape index (κ2) is 7.20. The van der Waals surface area contributed by atoms with Gasteiger partial charge in [0.15, 0.2) is 0 Å². The minimum absolute atomic E-state index is 0.0158. The van der Waals surface area contributed by atoms with Crippen LogP contribution in [0.2, 0.25) is 0 Å². The van der Waals surface area contributed by atoms with Gasteiger partial charge in [0.25, 0.3) is 0 Å². The van der Waals surface area contributed by atoms with E-state index in [9.17, 15) is 0 Å². The summed E-state index contributed by atoms with van der Waals surface area (Å²) in [7, 11) is 1.98. The van der Waals surface area contributed by atoms with Crippen molar-refractivity contribution in [3.05, 3.63) is 56.7 Å². The Bertz CT molecular complexity index is 500. The number of halogens is 1. The minimum atomic E-state index is 0.0158. The first kappa shape index (κ1) is 14.7. The molecule has 2 nitrogen and oxygen atoms in total. The lowest BCUT2D eigenvalue weighted by atomic mass is 9.97. The topological polar surface area (TPSA) is 21.3 Å². The summed E-state index contributed by atoms with van der Waals surface area (Å²) in [4.78, 5) is 0. The number of likely N-dealkylation sites (N-methyl/N-ethyl adjacent to an activating group) is 1. The summed E-state index contributed by atoms with van der Waals surface area (Å²) < 4.78 is 7.12. The smallest absolute Gasteiger partial charge is 0.102 e. The normalized spacial score (nSPS) is 14.3. The molecular weight excluding hydrogens is 322 g/mol. The van der Waals surface area contributed by atoms with Gasteiger partial charge in [-0.1, -0.05) is 30.3 Å². The van der Waals surface area contributed by atoms with Crippen molar-refractivity contribution in [3.63, 3.8) is 0 Å². The second-order valence-corrected chi connectivity index (χ2v) is 5.83. The summed E-state index contributed by atoms with van der Waals surface area (Å²) in [6, 6.07) is 10.5. The van der Waals surface area contributed by atoms with Crippen molar-refractivity contribution in [1.82, 2.24) is 5.32 Å². The fourth-order valence-electron chi connectivity index (χ4n) is 2.19. The molecule has 0 fully saturated rings. The van der Waals surface area contributed by atoms with Gasteiger partial charge in [-0.15, -0.1) is 0 Å². The van der Waals surface area contributed by atoms with Gasteiger partial charge in [0, 0.05) is 16.5 Å². The van der Waals surface area contributed by atoms with E-state index in [-0.39, 0.29) is 12.1 Å². The summed E-state index contributed by atoms with van der Waals surface area (Å²) in [5, 5.41) is 7.65. The molecule has 102 valence electrons. The predicted octanol–water partition coefficient (Wildman–Crippen LogP) is 4.55. The van der Waals surface area contributed by atoms with Crippen molar-refractivity contribution in [2.24, 2.45) is 0 Å². The maximum atomic E-state index is 5.98. The van der Waals surface area contributed by atoms with Crippen LogP contribution in [0.25, 0.3) is 0 Å². The van der Waals surface area contributed by atoms with Gasteiger partial charge in [-0.3, -0.25) is 0 Å². The highest BCUT2D eigenvalue weighted by Crippen LogP contribution is 2.37. The number of hydrogen-bond donors (Lipinski definition) is 1. The first-order valence-corrected chi connectivity index (χ1v) is 8.07. The highest BCUT2D eigenvalue weighted by molar-refractivity contribution is 9.10. The Hall–Kier alpha value is -0.680. The molecule has 0 saturated carbocycles. The van der Waals surface area contributed by atoms with E-state index in [1.807, 2.05) is 20.0 Å². The van der Waals surface area contributed by atoms with Crippen LogP contribution in [0.4, 0.5) is 0 Å². The van der Waals surface area contributed by atoms with Crippen molar-refractivity contribution < 1.29 is 4.74 Å². The third kappa shape index (κ3) is 3.45. The Labute approximate surface area is 126 Å². The van der Waals surface area contributed by atoms with Crippen LogP contribution in [-0.4, -0.2) is 13.7 Å². The number of rotatable bonds is 6. The molecule has 2 atom stereocenters. The zero-order valence-electron chi connectivity index (χ0n) is 11.1. The van der Waals surface area contributed by atoms with E-state index in [0.717, 1.165) is 4.47 Å². The third-order valence-corrected chi connectivity index (χ3v) is 4.82. The van der Waals surface area contributed by atoms with Crippen LogP contribution in [-0.2, 0) is 4.74 Å². The molecule has 4 heteroatoms. The minimum Gasteiger partial charge on any atom is -0.372 e. The van der Waals surface area contributed by atoms with Crippen LogP contribution >= 0.6 is 27.3 Å². The highest BCUT2D eigenvalue weighted by Gasteiger charge is 2.25. The van der Waals surface area contributed by atoms with Crippen LogP contribution in [0.1, 0.15) is 30.2 Å². The van der Waals surface area contributed by atoms with E-state index in [1.165, 1.54) is 11.1 Å². The van der Waals surface area contributed by atoms with Gasteiger partial charge in [-0.25, -0.2) is 0 Å². The Balaban J connectivity index is 2.34. The number of thiophene rings is 1. The molecule has 0 bridgehead atoms. The molecule has 0 spiro atoms. The lowest BCUT2D eigenvalue weighted by molar-refractivity contribution is 0.0346. The van der Waals surface area contributed by atoms with E-state index >= 15 is 0 Å². The van der Waals surface area contributed by atoms with Crippen LogP contribution in [0.5, 0.6) is 0 Å². The quantitative estimate of drug-likeness (QED) is 0.833. The Morgan fingerprint density at radius 2 is 2.00 bits per heavy atom. The van der Waals surface area contributed by atoms with Crippen molar-refractivity contribution in [3.8, 4) is 0 Å². The SMILES string of the molecule is CCOC(c1ccccc1)C(NC)c1cscc1Br.